The second kappa shape index (κ2) is 7.80. The third-order valence-electron chi connectivity index (χ3n) is 4.92. The molecule has 0 bridgehead atoms. The lowest BCUT2D eigenvalue weighted by molar-refractivity contribution is -0.120. The van der Waals surface area contributed by atoms with Crippen molar-refractivity contribution in [2.75, 3.05) is 0 Å². The number of carbonyl (C=O) groups is 1. The van der Waals surface area contributed by atoms with Gasteiger partial charge in [0.1, 0.15) is 0 Å². The normalized spacial score (nSPS) is 14.8. The van der Waals surface area contributed by atoms with E-state index in [1.807, 2.05) is 49.4 Å². The van der Waals surface area contributed by atoms with Crippen molar-refractivity contribution in [1.29, 1.82) is 0 Å². The van der Waals surface area contributed by atoms with Crippen LogP contribution in [0.2, 0.25) is 0 Å². The Morgan fingerprint density at radius 2 is 1.93 bits per heavy atom. The predicted octanol–water partition coefficient (Wildman–Crippen LogP) is 3.71. The van der Waals surface area contributed by atoms with E-state index in [4.69, 9.17) is 4.98 Å². The van der Waals surface area contributed by atoms with Gasteiger partial charge < -0.3 is 5.32 Å². The van der Waals surface area contributed by atoms with Crippen molar-refractivity contribution in [3.05, 3.63) is 64.4 Å². The molecule has 1 aromatic heterocycles. The Hall–Kier alpha value is -2.60. The van der Waals surface area contributed by atoms with Crippen molar-refractivity contribution in [1.82, 2.24) is 14.9 Å². The maximum absolute atomic E-state index is 13.3. The summed E-state index contributed by atoms with van der Waals surface area (Å²) in [5.41, 5.74) is 2.49. The van der Waals surface area contributed by atoms with Crippen LogP contribution in [-0.2, 0) is 11.2 Å². The van der Waals surface area contributed by atoms with Gasteiger partial charge in [0.2, 0.25) is 5.91 Å². The first-order chi connectivity index (χ1) is 13.6. The summed E-state index contributed by atoms with van der Waals surface area (Å²) >= 11 is 1.32. The highest BCUT2D eigenvalue weighted by atomic mass is 32.2. The lowest BCUT2D eigenvalue weighted by Crippen LogP contribution is -2.33. The number of nitrogens with one attached hydrogen (secondary N) is 1. The number of carbonyl (C=O) groups excluding carboxylic acids is 1. The molecule has 0 saturated heterocycles. The van der Waals surface area contributed by atoms with E-state index in [1.54, 1.807) is 10.6 Å². The molecule has 1 fully saturated rings. The fourth-order valence-corrected chi connectivity index (χ4v) is 3.99. The Morgan fingerprint density at radius 3 is 2.61 bits per heavy atom. The van der Waals surface area contributed by atoms with E-state index >= 15 is 0 Å². The van der Waals surface area contributed by atoms with Crippen LogP contribution in [0.15, 0.2) is 58.5 Å². The molecule has 6 heteroatoms. The number of nitrogens with zero attached hydrogens (tertiary/aromatic N) is 2. The Kier molecular flexibility index (Phi) is 5.22. The number of amides is 1. The largest absolute Gasteiger partial charge is 0.352 e. The lowest BCUT2D eigenvalue weighted by Gasteiger charge is -2.16. The van der Waals surface area contributed by atoms with Crippen LogP contribution in [0, 0.1) is 0 Å². The molecule has 0 radical (unpaired) electrons. The quantitative estimate of drug-likeness (QED) is 0.512. The van der Waals surface area contributed by atoms with Crippen molar-refractivity contribution < 1.29 is 4.79 Å². The number of aryl methyl sites for hydroxylation is 1. The van der Waals surface area contributed by atoms with Crippen molar-refractivity contribution in [2.24, 2.45) is 0 Å². The number of thioether (sulfide) groups is 1. The van der Waals surface area contributed by atoms with Gasteiger partial charge in [0.25, 0.3) is 5.56 Å². The summed E-state index contributed by atoms with van der Waals surface area (Å²) in [6.07, 6.45) is 3.03. The van der Waals surface area contributed by atoms with Gasteiger partial charge >= 0.3 is 0 Å². The molecule has 0 spiro atoms. The first kappa shape index (κ1) is 18.7. The Morgan fingerprint density at radius 1 is 1.21 bits per heavy atom. The smallest absolute Gasteiger partial charge is 0.266 e. The monoisotopic (exact) mass is 393 g/mol. The van der Waals surface area contributed by atoms with E-state index in [-0.39, 0.29) is 16.7 Å². The molecule has 1 atom stereocenters. The molecule has 2 aromatic carbocycles. The van der Waals surface area contributed by atoms with E-state index in [9.17, 15) is 9.59 Å². The number of fused-ring (bicyclic) bond motifs is 1. The van der Waals surface area contributed by atoms with Gasteiger partial charge in [-0.2, -0.15) is 0 Å². The zero-order valence-electron chi connectivity index (χ0n) is 16.0. The molecule has 5 nitrogen and oxygen atoms in total. The number of hydrogen-bond donors (Lipinski definition) is 1. The number of aromatic nitrogens is 2. The second-order valence-electron chi connectivity index (χ2n) is 7.12. The van der Waals surface area contributed by atoms with Crippen LogP contribution in [0.25, 0.3) is 16.6 Å². The molecule has 1 amide bonds. The van der Waals surface area contributed by atoms with Crippen LogP contribution in [-0.4, -0.2) is 26.8 Å². The van der Waals surface area contributed by atoms with Crippen LogP contribution in [0.3, 0.4) is 0 Å². The van der Waals surface area contributed by atoms with Gasteiger partial charge in [-0.25, -0.2) is 4.98 Å². The number of para-hydroxylation sites is 1. The van der Waals surface area contributed by atoms with E-state index in [1.165, 1.54) is 17.3 Å². The van der Waals surface area contributed by atoms with Crippen LogP contribution in [0.1, 0.15) is 32.3 Å². The predicted molar refractivity (Wildman–Crippen MR) is 113 cm³/mol. The minimum absolute atomic E-state index is 0.0113. The van der Waals surface area contributed by atoms with Crippen LogP contribution < -0.4 is 10.9 Å². The Balaban J connectivity index is 1.78. The minimum atomic E-state index is -0.338. The van der Waals surface area contributed by atoms with Crippen molar-refractivity contribution >= 4 is 28.6 Å². The van der Waals surface area contributed by atoms with Gasteiger partial charge in [-0.1, -0.05) is 43.0 Å². The SMILES string of the molecule is CCc1ccc(-n2c(S[C@@H](C)C(=O)NC3CC3)nc3ccccc3c2=O)cc1. The van der Waals surface area contributed by atoms with Crippen LogP contribution in [0.4, 0.5) is 0 Å². The maximum Gasteiger partial charge on any atom is 0.266 e. The second-order valence-corrected chi connectivity index (χ2v) is 8.42. The van der Waals surface area contributed by atoms with Gasteiger partial charge in [0.15, 0.2) is 5.16 Å². The molecular weight excluding hydrogens is 370 g/mol. The maximum atomic E-state index is 13.3. The molecule has 0 aliphatic heterocycles. The molecule has 1 aliphatic carbocycles. The molecule has 1 aliphatic rings. The van der Waals surface area contributed by atoms with Crippen molar-refractivity contribution in [3.8, 4) is 5.69 Å². The third-order valence-corrected chi connectivity index (χ3v) is 5.98. The first-order valence-electron chi connectivity index (χ1n) is 9.65. The zero-order chi connectivity index (χ0) is 19.7. The number of rotatable bonds is 6. The molecule has 1 heterocycles. The molecule has 1 saturated carbocycles. The molecule has 3 aromatic rings. The number of benzene rings is 2. The molecule has 4 rings (SSSR count). The van der Waals surface area contributed by atoms with E-state index in [0.29, 0.717) is 22.1 Å². The van der Waals surface area contributed by atoms with Crippen molar-refractivity contribution in [2.45, 2.75) is 49.6 Å². The summed E-state index contributed by atoms with van der Waals surface area (Å²) in [5, 5.41) is 3.79. The third kappa shape index (κ3) is 3.83. The highest BCUT2D eigenvalue weighted by molar-refractivity contribution is 8.00. The van der Waals surface area contributed by atoms with Gasteiger partial charge in [-0.15, -0.1) is 0 Å². The zero-order valence-corrected chi connectivity index (χ0v) is 16.8. The average Bonchev–Trinajstić information content (AvgIpc) is 3.52. The minimum Gasteiger partial charge on any atom is -0.352 e. The summed E-state index contributed by atoms with van der Waals surface area (Å²) < 4.78 is 1.62. The van der Waals surface area contributed by atoms with Crippen molar-refractivity contribution in [3.63, 3.8) is 0 Å². The number of hydrogen-bond acceptors (Lipinski definition) is 4. The average molecular weight is 394 g/mol. The highest BCUT2D eigenvalue weighted by Gasteiger charge is 2.27. The van der Waals surface area contributed by atoms with E-state index in [2.05, 4.69) is 12.2 Å². The molecular formula is C22H23N3O2S. The Bertz CT molecular complexity index is 1070. The standard InChI is InChI=1S/C22H23N3O2S/c1-3-15-8-12-17(13-9-15)25-21(27)18-6-4-5-7-19(18)24-22(25)28-14(2)20(26)23-16-10-11-16/h4-9,12-14,16H,3,10-11H2,1-2H3,(H,23,26)/t14-/m0/s1. The first-order valence-corrected chi connectivity index (χ1v) is 10.5. The fourth-order valence-electron chi connectivity index (χ4n) is 3.06. The molecule has 0 unspecified atom stereocenters. The summed E-state index contributed by atoms with van der Waals surface area (Å²) in [6, 6.07) is 15.6. The molecule has 144 valence electrons. The summed E-state index contributed by atoms with van der Waals surface area (Å²) in [4.78, 5) is 30.4. The van der Waals surface area contributed by atoms with Crippen LogP contribution in [0.5, 0.6) is 0 Å². The fraction of sp³-hybridized carbons (Fsp3) is 0.318. The van der Waals surface area contributed by atoms with E-state index < -0.39 is 0 Å². The molecule has 1 N–H and O–H groups in total. The summed E-state index contributed by atoms with van der Waals surface area (Å²) in [5.74, 6) is -0.0113. The van der Waals surface area contributed by atoms with Gasteiger partial charge in [0, 0.05) is 6.04 Å². The van der Waals surface area contributed by atoms with Gasteiger partial charge in [-0.3, -0.25) is 14.2 Å². The van der Waals surface area contributed by atoms with E-state index in [0.717, 1.165) is 24.9 Å². The lowest BCUT2D eigenvalue weighted by atomic mass is 10.1. The van der Waals surface area contributed by atoms with Crippen LogP contribution >= 0.6 is 11.8 Å². The molecule has 28 heavy (non-hydrogen) atoms. The topological polar surface area (TPSA) is 64.0 Å². The van der Waals surface area contributed by atoms with Gasteiger partial charge in [0.05, 0.1) is 21.8 Å². The summed E-state index contributed by atoms with van der Waals surface area (Å²) in [7, 11) is 0. The van der Waals surface area contributed by atoms with Gasteiger partial charge in [-0.05, 0) is 56.0 Å². The Labute approximate surface area is 168 Å². The highest BCUT2D eigenvalue weighted by Crippen LogP contribution is 2.26. The summed E-state index contributed by atoms with van der Waals surface area (Å²) in [6.45, 7) is 3.95.